The molecular formula is C14H24N2S. The maximum absolute atomic E-state index is 3.43. The Kier molecular flexibility index (Phi) is 5.01. The second-order valence-electron chi connectivity index (χ2n) is 5.25. The van der Waals surface area contributed by atoms with Crippen molar-refractivity contribution in [3.63, 3.8) is 0 Å². The molecule has 0 saturated carbocycles. The summed E-state index contributed by atoms with van der Waals surface area (Å²) in [6.07, 6.45) is 4.10. The van der Waals surface area contributed by atoms with E-state index >= 15 is 0 Å². The van der Waals surface area contributed by atoms with Crippen LogP contribution in [0.1, 0.15) is 29.7 Å². The third kappa shape index (κ3) is 4.09. The van der Waals surface area contributed by atoms with Crippen LogP contribution in [0.3, 0.4) is 0 Å². The molecule has 3 heteroatoms. The summed E-state index contributed by atoms with van der Waals surface area (Å²) in [4.78, 5) is 4.00. The van der Waals surface area contributed by atoms with Crippen molar-refractivity contribution < 1.29 is 0 Å². The van der Waals surface area contributed by atoms with E-state index in [0.29, 0.717) is 0 Å². The fourth-order valence-electron chi connectivity index (χ4n) is 2.46. The van der Waals surface area contributed by atoms with Crippen LogP contribution >= 0.6 is 11.3 Å². The number of rotatable bonds is 5. The van der Waals surface area contributed by atoms with Crippen molar-refractivity contribution in [2.75, 3.05) is 26.7 Å². The largest absolute Gasteiger partial charge is 0.317 e. The standard InChI is InChI=1S/C14H24N2S/c1-12-6-10-17-14(12)11-16(2)9-5-13-3-7-15-8-4-13/h6,10,13,15H,3-5,7-9,11H2,1-2H3. The molecule has 2 heterocycles. The molecule has 1 aliphatic heterocycles. The average Bonchev–Trinajstić information content (AvgIpc) is 2.74. The molecule has 1 aliphatic rings. The number of hydrogen-bond donors (Lipinski definition) is 1. The Labute approximate surface area is 109 Å². The van der Waals surface area contributed by atoms with Crippen LogP contribution in [0.4, 0.5) is 0 Å². The molecule has 2 rings (SSSR count). The Bertz CT molecular complexity index is 329. The minimum atomic E-state index is 0.947. The second kappa shape index (κ2) is 6.53. The molecule has 0 aromatic carbocycles. The van der Waals surface area contributed by atoms with Crippen LogP contribution in [0, 0.1) is 12.8 Å². The van der Waals surface area contributed by atoms with Gasteiger partial charge in [0.05, 0.1) is 0 Å². The van der Waals surface area contributed by atoms with Crippen molar-refractivity contribution in [2.45, 2.75) is 32.7 Å². The summed E-state index contributed by atoms with van der Waals surface area (Å²) in [7, 11) is 2.25. The van der Waals surface area contributed by atoms with Crippen molar-refractivity contribution >= 4 is 11.3 Å². The van der Waals surface area contributed by atoms with Crippen molar-refractivity contribution in [3.05, 3.63) is 21.9 Å². The van der Waals surface area contributed by atoms with Crippen molar-refractivity contribution in [2.24, 2.45) is 5.92 Å². The highest BCUT2D eigenvalue weighted by Gasteiger charge is 2.13. The zero-order chi connectivity index (χ0) is 12.1. The normalized spacial score (nSPS) is 17.8. The first-order valence-corrected chi connectivity index (χ1v) is 7.56. The number of thiophene rings is 1. The summed E-state index contributed by atoms with van der Waals surface area (Å²) in [5, 5.41) is 5.63. The first-order chi connectivity index (χ1) is 8.25. The van der Waals surface area contributed by atoms with E-state index in [0.717, 1.165) is 12.5 Å². The topological polar surface area (TPSA) is 15.3 Å². The first-order valence-electron chi connectivity index (χ1n) is 6.68. The van der Waals surface area contributed by atoms with Crippen molar-refractivity contribution in [1.29, 1.82) is 0 Å². The van der Waals surface area contributed by atoms with E-state index in [1.54, 1.807) is 0 Å². The predicted molar refractivity (Wildman–Crippen MR) is 75.6 cm³/mol. The van der Waals surface area contributed by atoms with Crippen LogP contribution in [0.5, 0.6) is 0 Å². The van der Waals surface area contributed by atoms with E-state index in [2.05, 4.69) is 35.6 Å². The van der Waals surface area contributed by atoms with E-state index in [-0.39, 0.29) is 0 Å². The zero-order valence-corrected chi connectivity index (χ0v) is 11.9. The Morgan fingerprint density at radius 2 is 2.18 bits per heavy atom. The predicted octanol–water partition coefficient (Wildman–Crippen LogP) is 2.88. The molecule has 1 aromatic rings. The van der Waals surface area contributed by atoms with Crippen LogP contribution in [-0.2, 0) is 6.54 Å². The van der Waals surface area contributed by atoms with Gasteiger partial charge in [-0.3, -0.25) is 0 Å². The molecular weight excluding hydrogens is 228 g/mol. The lowest BCUT2D eigenvalue weighted by atomic mass is 9.94. The highest BCUT2D eigenvalue weighted by molar-refractivity contribution is 7.10. The van der Waals surface area contributed by atoms with Gasteiger partial charge in [0.15, 0.2) is 0 Å². The molecule has 1 N–H and O–H groups in total. The molecule has 0 aliphatic carbocycles. The molecule has 0 unspecified atom stereocenters. The monoisotopic (exact) mass is 252 g/mol. The van der Waals surface area contributed by atoms with Gasteiger partial charge in [-0.2, -0.15) is 0 Å². The van der Waals surface area contributed by atoms with Gasteiger partial charge in [-0.15, -0.1) is 11.3 Å². The van der Waals surface area contributed by atoms with Crippen LogP contribution in [0.15, 0.2) is 11.4 Å². The molecule has 17 heavy (non-hydrogen) atoms. The Hall–Kier alpha value is -0.380. The third-order valence-corrected chi connectivity index (χ3v) is 4.77. The average molecular weight is 252 g/mol. The minimum Gasteiger partial charge on any atom is -0.317 e. The van der Waals surface area contributed by atoms with Gasteiger partial charge >= 0.3 is 0 Å². The molecule has 0 amide bonds. The molecule has 1 fully saturated rings. The molecule has 2 nitrogen and oxygen atoms in total. The van der Waals surface area contributed by atoms with Gasteiger partial charge in [0.25, 0.3) is 0 Å². The lowest BCUT2D eigenvalue weighted by molar-refractivity contribution is 0.267. The highest BCUT2D eigenvalue weighted by atomic mass is 32.1. The lowest BCUT2D eigenvalue weighted by Crippen LogP contribution is -2.30. The quantitative estimate of drug-likeness (QED) is 0.867. The van der Waals surface area contributed by atoms with Crippen molar-refractivity contribution in [3.8, 4) is 0 Å². The summed E-state index contributed by atoms with van der Waals surface area (Å²) >= 11 is 1.89. The molecule has 0 radical (unpaired) electrons. The minimum absolute atomic E-state index is 0.947. The summed E-state index contributed by atoms with van der Waals surface area (Å²) < 4.78 is 0. The third-order valence-electron chi connectivity index (χ3n) is 3.76. The van der Waals surface area contributed by atoms with Gasteiger partial charge in [-0.25, -0.2) is 0 Å². The molecule has 0 atom stereocenters. The van der Waals surface area contributed by atoms with Crippen molar-refractivity contribution in [1.82, 2.24) is 10.2 Å². The molecule has 1 saturated heterocycles. The summed E-state index contributed by atoms with van der Waals surface area (Å²) in [6, 6.07) is 2.22. The van der Waals surface area contributed by atoms with E-state index in [9.17, 15) is 0 Å². The van der Waals surface area contributed by atoms with Gasteiger partial charge < -0.3 is 10.2 Å². The van der Waals surface area contributed by atoms with Gasteiger partial charge in [0.1, 0.15) is 0 Å². The summed E-state index contributed by atoms with van der Waals surface area (Å²) in [5.74, 6) is 0.947. The smallest absolute Gasteiger partial charge is 0.0327 e. The van der Waals surface area contributed by atoms with Gasteiger partial charge in [0.2, 0.25) is 0 Å². The SMILES string of the molecule is Cc1ccsc1CN(C)CCC1CCNCC1. The Balaban J connectivity index is 1.70. The van der Waals surface area contributed by atoms with E-state index in [1.807, 2.05) is 11.3 Å². The molecule has 0 bridgehead atoms. The molecule has 1 aromatic heterocycles. The summed E-state index contributed by atoms with van der Waals surface area (Å²) in [6.45, 7) is 7.01. The highest BCUT2D eigenvalue weighted by Crippen LogP contribution is 2.19. The first kappa shape index (κ1) is 13.1. The zero-order valence-electron chi connectivity index (χ0n) is 11.0. The lowest BCUT2D eigenvalue weighted by Gasteiger charge is -2.25. The number of nitrogens with zero attached hydrogens (tertiary/aromatic N) is 1. The van der Waals surface area contributed by atoms with Gasteiger partial charge in [0, 0.05) is 11.4 Å². The summed E-state index contributed by atoms with van der Waals surface area (Å²) in [5.41, 5.74) is 1.45. The number of hydrogen-bond acceptors (Lipinski definition) is 3. The maximum atomic E-state index is 3.43. The molecule has 96 valence electrons. The Morgan fingerprint density at radius 3 is 2.82 bits per heavy atom. The van der Waals surface area contributed by atoms with Crippen LogP contribution in [0.25, 0.3) is 0 Å². The maximum Gasteiger partial charge on any atom is 0.0327 e. The van der Waals surface area contributed by atoms with Crippen LogP contribution < -0.4 is 5.32 Å². The van der Waals surface area contributed by atoms with Gasteiger partial charge in [-0.1, -0.05) is 0 Å². The van der Waals surface area contributed by atoms with Crippen LogP contribution in [0.2, 0.25) is 0 Å². The number of nitrogens with one attached hydrogen (secondary N) is 1. The van der Waals surface area contributed by atoms with E-state index in [4.69, 9.17) is 0 Å². The second-order valence-corrected chi connectivity index (χ2v) is 6.25. The number of piperidine rings is 1. The fourth-order valence-corrected chi connectivity index (χ4v) is 3.45. The van der Waals surface area contributed by atoms with Gasteiger partial charge in [-0.05, 0) is 75.8 Å². The number of aryl methyl sites for hydroxylation is 1. The fraction of sp³-hybridized carbons (Fsp3) is 0.714. The molecule has 0 spiro atoms. The Morgan fingerprint density at radius 1 is 1.41 bits per heavy atom. The van der Waals surface area contributed by atoms with E-state index < -0.39 is 0 Å². The van der Waals surface area contributed by atoms with E-state index in [1.165, 1.54) is 49.3 Å². The van der Waals surface area contributed by atoms with Crippen LogP contribution in [-0.4, -0.2) is 31.6 Å².